The molecule has 0 aliphatic heterocycles. The Kier molecular flexibility index (Phi) is 2.44. The molecule has 1 heterocycles. The summed E-state index contributed by atoms with van der Waals surface area (Å²) in [6.07, 6.45) is 7.35. The molecule has 0 atom stereocenters. The second-order valence-electron chi connectivity index (χ2n) is 4.70. The zero-order valence-electron chi connectivity index (χ0n) is 9.52. The minimum Gasteiger partial charge on any atom is -0.344 e. The van der Waals surface area contributed by atoms with Gasteiger partial charge in [0.1, 0.15) is 0 Å². The van der Waals surface area contributed by atoms with Gasteiger partial charge < -0.3 is 10.3 Å². The van der Waals surface area contributed by atoms with E-state index in [1.807, 2.05) is 0 Å². The smallest absolute Gasteiger partial charge is 0.0485 e. The van der Waals surface area contributed by atoms with E-state index in [2.05, 4.69) is 35.0 Å². The highest BCUT2D eigenvalue weighted by Crippen LogP contribution is 2.35. The van der Waals surface area contributed by atoms with Crippen LogP contribution in [0.15, 0.2) is 30.5 Å². The number of fused-ring (bicyclic) bond motifs is 1. The lowest BCUT2D eigenvalue weighted by Gasteiger charge is -2.28. The summed E-state index contributed by atoms with van der Waals surface area (Å²) in [6, 6.07) is 9.43. The number of para-hydroxylation sites is 1. The maximum absolute atomic E-state index is 5.67. The molecule has 1 saturated carbocycles. The third-order valence-corrected chi connectivity index (χ3v) is 3.70. The maximum Gasteiger partial charge on any atom is 0.0485 e. The summed E-state index contributed by atoms with van der Waals surface area (Å²) >= 11 is 0. The molecule has 1 aliphatic rings. The van der Waals surface area contributed by atoms with E-state index < -0.39 is 0 Å². The molecule has 0 unspecified atom stereocenters. The van der Waals surface area contributed by atoms with Gasteiger partial charge in [0, 0.05) is 23.1 Å². The first kappa shape index (κ1) is 9.91. The molecule has 1 aromatic heterocycles. The Morgan fingerprint density at radius 1 is 1.25 bits per heavy atom. The van der Waals surface area contributed by atoms with E-state index in [1.54, 1.807) is 0 Å². The molecule has 1 fully saturated rings. The Hall–Kier alpha value is -1.28. The molecule has 2 aromatic rings. The summed E-state index contributed by atoms with van der Waals surface area (Å²) in [6.45, 7) is 0.735. The van der Waals surface area contributed by atoms with Crippen molar-refractivity contribution in [2.45, 2.75) is 31.7 Å². The number of aromatic nitrogens is 1. The van der Waals surface area contributed by atoms with Crippen LogP contribution in [0, 0.1) is 0 Å². The van der Waals surface area contributed by atoms with Crippen LogP contribution < -0.4 is 5.73 Å². The molecule has 0 bridgehead atoms. The molecule has 0 saturated heterocycles. The summed E-state index contributed by atoms with van der Waals surface area (Å²) in [7, 11) is 0. The van der Waals surface area contributed by atoms with E-state index in [4.69, 9.17) is 5.73 Å². The van der Waals surface area contributed by atoms with Crippen LogP contribution in [0.3, 0.4) is 0 Å². The monoisotopic (exact) mass is 214 g/mol. The molecular weight excluding hydrogens is 196 g/mol. The van der Waals surface area contributed by atoms with Gasteiger partial charge in [0.15, 0.2) is 0 Å². The van der Waals surface area contributed by atoms with Crippen LogP contribution in [0.5, 0.6) is 0 Å². The zero-order chi connectivity index (χ0) is 11.0. The third kappa shape index (κ3) is 1.45. The molecule has 84 valence electrons. The van der Waals surface area contributed by atoms with Crippen LogP contribution in [-0.4, -0.2) is 11.1 Å². The van der Waals surface area contributed by atoms with E-state index in [-0.39, 0.29) is 0 Å². The molecule has 1 aliphatic carbocycles. The molecule has 0 amide bonds. The molecule has 3 rings (SSSR count). The topological polar surface area (TPSA) is 30.9 Å². The second-order valence-corrected chi connectivity index (χ2v) is 4.70. The van der Waals surface area contributed by atoms with E-state index >= 15 is 0 Å². The first-order valence-electron chi connectivity index (χ1n) is 6.18. The molecule has 2 N–H and O–H groups in total. The standard InChI is InChI=1S/C14H18N2/c15-9-8-11-10-16(12-4-3-5-12)14-7-2-1-6-13(11)14/h1-2,6-7,10,12H,3-5,8-9,15H2. The first-order chi connectivity index (χ1) is 7.90. The van der Waals surface area contributed by atoms with Crippen LogP contribution in [0.2, 0.25) is 0 Å². The fourth-order valence-electron chi connectivity index (χ4n) is 2.60. The van der Waals surface area contributed by atoms with E-state index in [0.717, 1.165) is 19.0 Å². The van der Waals surface area contributed by atoms with Crippen molar-refractivity contribution in [2.24, 2.45) is 5.73 Å². The SMILES string of the molecule is NCCc1cn(C2CCC2)c2ccccc12. The molecule has 0 radical (unpaired) electrons. The summed E-state index contributed by atoms with van der Waals surface area (Å²) in [4.78, 5) is 0. The van der Waals surface area contributed by atoms with Crippen LogP contribution in [-0.2, 0) is 6.42 Å². The quantitative estimate of drug-likeness (QED) is 0.836. The van der Waals surface area contributed by atoms with Crippen LogP contribution in [0.4, 0.5) is 0 Å². The van der Waals surface area contributed by atoms with Crippen molar-refractivity contribution >= 4 is 10.9 Å². The lowest BCUT2D eigenvalue weighted by Crippen LogP contribution is -2.15. The summed E-state index contributed by atoms with van der Waals surface area (Å²) in [5, 5.41) is 1.39. The summed E-state index contributed by atoms with van der Waals surface area (Å²) in [5.41, 5.74) is 8.47. The van der Waals surface area contributed by atoms with Crippen molar-refractivity contribution in [3.05, 3.63) is 36.0 Å². The first-order valence-corrected chi connectivity index (χ1v) is 6.18. The highest BCUT2D eigenvalue weighted by atomic mass is 15.0. The maximum atomic E-state index is 5.67. The van der Waals surface area contributed by atoms with Gasteiger partial charge in [-0.2, -0.15) is 0 Å². The highest BCUT2D eigenvalue weighted by Gasteiger charge is 2.21. The van der Waals surface area contributed by atoms with Crippen molar-refractivity contribution in [3.63, 3.8) is 0 Å². The Balaban J connectivity index is 2.12. The Labute approximate surface area is 96.1 Å². The van der Waals surface area contributed by atoms with E-state index in [1.165, 1.54) is 35.7 Å². The van der Waals surface area contributed by atoms with Gasteiger partial charge in [-0.3, -0.25) is 0 Å². The van der Waals surface area contributed by atoms with Gasteiger partial charge in [0.25, 0.3) is 0 Å². The van der Waals surface area contributed by atoms with E-state index in [9.17, 15) is 0 Å². The molecule has 2 heteroatoms. The Morgan fingerprint density at radius 2 is 2.06 bits per heavy atom. The van der Waals surface area contributed by atoms with Crippen molar-refractivity contribution in [2.75, 3.05) is 6.54 Å². The largest absolute Gasteiger partial charge is 0.344 e. The van der Waals surface area contributed by atoms with Gasteiger partial charge in [-0.1, -0.05) is 18.2 Å². The van der Waals surface area contributed by atoms with Gasteiger partial charge in [-0.25, -0.2) is 0 Å². The number of hydrogen-bond donors (Lipinski definition) is 1. The molecule has 16 heavy (non-hydrogen) atoms. The Bertz CT molecular complexity index is 494. The van der Waals surface area contributed by atoms with Gasteiger partial charge >= 0.3 is 0 Å². The summed E-state index contributed by atoms with van der Waals surface area (Å²) in [5.74, 6) is 0. The highest BCUT2D eigenvalue weighted by molar-refractivity contribution is 5.84. The van der Waals surface area contributed by atoms with Crippen molar-refractivity contribution < 1.29 is 0 Å². The number of hydrogen-bond acceptors (Lipinski definition) is 1. The van der Waals surface area contributed by atoms with Crippen molar-refractivity contribution in [1.82, 2.24) is 4.57 Å². The minimum absolute atomic E-state index is 0.733. The number of benzene rings is 1. The van der Waals surface area contributed by atoms with Crippen molar-refractivity contribution in [3.8, 4) is 0 Å². The van der Waals surface area contributed by atoms with Gasteiger partial charge in [-0.15, -0.1) is 0 Å². The van der Waals surface area contributed by atoms with Crippen LogP contribution in [0.1, 0.15) is 30.9 Å². The predicted molar refractivity (Wildman–Crippen MR) is 67.6 cm³/mol. The average molecular weight is 214 g/mol. The second kappa shape index (κ2) is 3.95. The number of nitrogens with two attached hydrogens (primary N) is 1. The van der Waals surface area contributed by atoms with Crippen LogP contribution in [0.25, 0.3) is 10.9 Å². The van der Waals surface area contributed by atoms with E-state index in [0.29, 0.717) is 0 Å². The third-order valence-electron chi connectivity index (χ3n) is 3.70. The molecule has 0 spiro atoms. The number of nitrogens with zero attached hydrogens (tertiary/aromatic N) is 1. The lowest BCUT2D eigenvalue weighted by molar-refractivity contribution is 0.321. The van der Waals surface area contributed by atoms with Crippen LogP contribution >= 0.6 is 0 Å². The summed E-state index contributed by atoms with van der Waals surface area (Å²) < 4.78 is 2.46. The van der Waals surface area contributed by atoms with Gasteiger partial charge in [0.05, 0.1) is 0 Å². The normalized spacial score (nSPS) is 16.6. The minimum atomic E-state index is 0.733. The van der Waals surface area contributed by atoms with Gasteiger partial charge in [-0.05, 0) is 43.9 Å². The molecule has 2 nitrogen and oxygen atoms in total. The lowest BCUT2D eigenvalue weighted by atomic mass is 9.93. The van der Waals surface area contributed by atoms with Crippen molar-refractivity contribution in [1.29, 1.82) is 0 Å². The zero-order valence-corrected chi connectivity index (χ0v) is 9.52. The van der Waals surface area contributed by atoms with Gasteiger partial charge in [0.2, 0.25) is 0 Å². The Morgan fingerprint density at radius 3 is 2.75 bits per heavy atom. The number of rotatable bonds is 3. The molecule has 1 aromatic carbocycles. The average Bonchev–Trinajstić information content (AvgIpc) is 2.57. The molecular formula is C14H18N2. The predicted octanol–water partition coefficient (Wildman–Crippen LogP) is 2.87. The fraction of sp³-hybridized carbons (Fsp3) is 0.429. The fourth-order valence-corrected chi connectivity index (χ4v) is 2.60.